The topological polar surface area (TPSA) is 66.9 Å². The Morgan fingerprint density at radius 2 is 1.83 bits per heavy atom. The van der Waals surface area contributed by atoms with Gasteiger partial charge in [0.25, 0.3) is 0 Å². The van der Waals surface area contributed by atoms with E-state index in [9.17, 15) is 4.79 Å². The summed E-state index contributed by atoms with van der Waals surface area (Å²) in [5, 5.41) is 1.51. The van der Waals surface area contributed by atoms with Gasteiger partial charge in [-0.3, -0.25) is 4.98 Å². The van der Waals surface area contributed by atoms with E-state index in [0.717, 1.165) is 22.4 Å². The highest BCUT2D eigenvalue weighted by Gasteiger charge is 2.18. The van der Waals surface area contributed by atoms with Gasteiger partial charge in [-0.1, -0.05) is 24.8 Å². The molecule has 6 nitrogen and oxygen atoms in total. The number of methoxy groups -OCH3 is 2. The van der Waals surface area contributed by atoms with Crippen LogP contribution < -0.4 is 14.2 Å². The van der Waals surface area contributed by atoms with Crippen molar-refractivity contribution in [2.75, 3.05) is 27.4 Å². The molecule has 2 aromatic carbocycles. The third-order valence-electron chi connectivity index (χ3n) is 4.61. The molecule has 1 aromatic heterocycles. The molecule has 0 fully saturated rings. The molecule has 1 heterocycles. The molecule has 0 N–H and O–H groups in total. The maximum atomic E-state index is 12.5. The second-order valence-corrected chi connectivity index (χ2v) is 6.52. The molecule has 0 aliphatic rings. The first-order valence-electron chi connectivity index (χ1n) is 9.64. The molecule has 6 heteroatoms. The Bertz CT molecular complexity index is 1060. The van der Waals surface area contributed by atoms with E-state index in [1.165, 1.54) is 0 Å². The number of hydrogen-bond donors (Lipinski definition) is 0. The molecular weight excluding hydrogens is 382 g/mol. The second-order valence-electron chi connectivity index (χ2n) is 6.52. The number of nitrogens with zero attached hydrogens (tertiary/aromatic N) is 1. The fraction of sp³-hybridized carbons (Fsp3) is 0.250. The molecule has 3 aromatic rings. The lowest BCUT2D eigenvalue weighted by atomic mass is 10.00. The van der Waals surface area contributed by atoms with Crippen molar-refractivity contribution in [3.05, 3.63) is 72.1 Å². The highest BCUT2D eigenvalue weighted by molar-refractivity contribution is 6.05. The SMILES string of the molecule is C=CCOc1cccc(Cc2ncc(C(=O)OCC)c3cc(OC)c(OC)cc23)c1. The lowest BCUT2D eigenvalue weighted by Gasteiger charge is -2.14. The number of pyridine rings is 1. The van der Waals surface area contributed by atoms with Gasteiger partial charge in [0, 0.05) is 23.4 Å². The molecule has 0 radical (unpaired) electrons. The van der Waals surface area contributed by atoms with Crippen LogP contribution in [0.15, 0.2) is 55.3 Å². The van der Waals surface area contributed by atoms with Gasteiger partial charge in [0.05, 0.1) is 32.1 Å². The molecule has 0 saturated heterocycles. The summed E-state index contributed by atoms with van der Waals surface area (Å²) in [7, 11) is 3.14. The quantitative estimate of drug-likeness (QED) is 0.382. The van der Waals surface area contributed by atoms with Gasteiger partial charge in [-0.2, -0.15) is 0 Å². The monoisotopic (exact) mass is 407 g/mol. The van der Waals surface area contributed by atoms with Gasteiger partial charge in [0.2, 0.25) is 0 Å². The van der Waals surface area contributed by atoms with Crippen molar-refractivity contribution in [3.8, 4) is 17.2 Å². The minimum Gasteiger partial charge on any atom is -0.493 e. The van der Waals surface area contributed by atoms with Crippen molar-refractivity contribution < 1.29 is 23.7 Å². The van der Waals surface area contributed by atoms with E-state index in [4.69, 9.17) is 18.9 Å². The summed E-state index contributed by atoms with van der Waals surface area (Å²) in [6, 6.07) is 11.4. The van der Waals surface area contributed by atoms with E-state index in [0.29, 0.717) is 35.5 Å². The maximum Gasteiger partial charge on any atom is 0.340 e. The summed E-state index contributed by atoms with van der Waals surface area (Å²) < 4.78 is 21.7. The predicted molar refractivity (Wildman–Crippen MR) is 116 cm³/mol. The second kappa shape index (κ2) is 9.78. The normalized spacial score (nSPS) is 10.5. The van der Waals surface area contributed by atoms with Crippen LogP contribution in [0.1, 0.15) is 28.5 Å². The number of carbonyl (C=O) groups is 1. The Hall–Kier alpha value is -3.54. The average Bonchev–Trinajstić information content (AvgIpc) is 2.77. The van der Waals surface area contributed by atoms with E-state index in [1.54, 1.807) is 39.5 Å². The highest BCUT2D eigenvalue weighted by atomic mass is 16.5. The Morgan fingerprint density at radius 1 is 1.10 bits per heavy atom. The molecule has 0 aliphatic carbocycles. The molecule has 0 amide bonds. The lowest BCUT2D eigenvalue weighted by Crippen LogP contribution is -2.08. The fourth-order valence-electron chi connectivity index (χ4n) is 3.23. The van der Waals surface area contributed by atoms with Gasteiger partial charge < -0.3 is 18.9 Å². The van der Waals surface area contributed by atoms with Crippen LogP contribution in [-0.4, -0.2) is 38.4 Å². The summed E-state index contributed by atoms with van der Waals surface area (Å²) in [6.07, 6.45) is 3.82. The van der Waals surface area contributed by atoms with Gasteiger partial charge in [-0.05, 0) is 36.8 Å². The Balaban J connectivity index is 2.10. The molecule has 0 aliphatic heterocycles. The number of fused-ring (bicyclic) bond motifs is 1. The number of benzene rings is 2. The van der Waals surface area contributed by atoms with E-state index >= 15 is 0 Å². The van der Waals surface area contributed by atoms with Crippen LogP contribution in [0.25, 0.3) is 10.8 Å². The summed E-state index contributed by atoms with van der Waals surface area (Å²) in [5.41, 5.74) is 2.23. The highest BCUT2D eigenvalue weighted by Crippen LogP contribution is 2.35. The molecule has 30 heavy (non-hydrogen) atoms. The molecule has 0 unspecified atom stereocenters. The van der Waals surface area contributed by atoms with E-state index in [-0.39, 0.29) is 6.61 Å². The number of carbonyl (C=O) groups excluding carboxylic acids is 1. The van der Waals surface area contributed by atoms with Crippen LogP contribution >= 0.6 is 0 Å². The molecule has 0 bridgehead atoms. The zero-order chi connectivity index (χ0) is 21.5. The first kappa shape index (κ1) is 21.2. The Morgan fingerprint density at radius 3 is 2.50 bits per heavy atom. The maximum absolute atomic E-state index is 12.5. The third kappa shape index (κ3) is 4.54. The number of hydrogen-bond acceptors (Lipinski definition) is 6. The number of aromatic nitrogens is 1. The largest absolute Gasteiger partial charge is 0.493 e. The molecule has 0 saturated carbocycles. The molecule has 156 valence electrons. The molecule has 0 atom stereocenters. The van der Waals surface area contributed by atoms with Crippen LogP contribution in [0.5, 0.6) is 17.2 Å². The summed E-state index contributed by atoms with van der Waals surface area (Å²) in [6.45, 7) is 6.17. The number of ether oxygens (including phenoxy) is 4. The first-order chi connectivity index (χ1) is 14.6. The van der Waals surface area contributed by atoms with Gasteiger partial charge in [-0.25, -0.2) is 4.79 Å². The Kier molecular flexibility index (Phi) is 6.91. The van der Waals surface area contributed by atoms with Crippen LogP contribution in [-0.2, 0) is 11.2 Å². The fourth-order valence-corrected chi connectivity index (χ4v) is 3.23. The first-order valence-corrected chi connectivity index (χ1v) is 9.64. The molecular formula is C24H25NO5. The van der Waals surface area contributed by atoms with Crippen LogP contribution in [0, 0.1) is 0 Å². The van der Waals surface area contributed by atoms with E-state index < -0.39 is 5.97 Å². The van der Waals surface area contributed by atoms with Crippen molar-refractivity contribution in [2.24, 2.45) is 0 Å². The predicted octanol–water partition coefficient (Wildman–Crippen LogP) is 4.58. The minimum absolute atomic E-state index is 0.285. The smallest absolute Gasteiger partial charge is 0.340 e. The van der Waals surface area contributed by atoms with Crippen molar-refractivity contribution in [2.45, 2.75) is 13.3 Å². The molecule has 0 spiro atoms. The minimum atomic E-state index is -0.423. The zero-order valence-electron chi connectivity index (χ0n) is 17.4. The molecule has 3 rings (SSSR count). The average molecular weight is 407 g/mol. The van der Waals surface area contributed by atoms with E-state index in [1.807, 2.05) is 30.3 Å². The van der Waals surface area contributed by atoms with Crippen LogP contribution in [0.4, 0.5) is 0 Å². The summed E-state index contributed by atoms with van der Waals surface area (Å²) in [5.74, 6) is 1.44. The van der Waals surface area contributed by atoms with Crippen molar-refractivity contribution in [3.63, 3.8) is 0 Å². The van der Waals surface area contributed by atoms with Crippen molar-refractivity contribution >= 4 is 16.7 Å². The third-order valence-corrected chi connectivity index (χ3v) is 4.61. The van der Waals surface area contributed by atoms with Crippen molar-refractivity contribution in [1.29, 1.82) is 0 Å². The number of rotatable bonds is 9. The van der Waals surface area contributed by atoms with Crippen LogP contribution in [0.2, 0.25) is 0 Å². The van der Waals surface area contributed by atoms with Gasteiger partial charge in [-0.15, -0.1) is 0 Å². The summed E-state index contributed by atoms with van der Waals surface area (Å²) in [4.78, 5) is 17.0. The van der Waals surface area contributed by atoms with Gasteiger partial charge in [0.1, 0.15) is 12.4 Å². The number of esters is 1. The van der Waals surface area contributed by atoms with Crippen molar-refractivity contribution in [1.82, 2.24) is 4.98 Å². The van der Waals surface area contributed by atoms with Gasteiger partial charge >= 0.3 is 5.97 Å². The zero-order valence-corrected chi connectivity index (χ0v) is 17.4. The van der Waals surface area contributed by atoms with E-state index in [2.05, 4.69) is 11.6 Å². The standard InChI is InChI=1S/C24H25NO5/c1-5-10-30-17-9-7-8-16(11-17)12-21-19-14-23(28-4)22(27-3)13-18(19)20(15-25-21)24(26)29-6-2/h5,7-9,11,13-15H,1,6,10,12H2,2-4H3. The van der Waals surface area contributed by atoms with Crippen LogP contribution in [0.3, 0.4) is 0 Å². The summed E-state index contributed by atoms with van der Waals surface area (Å²) >= 11 is 0. The van der Waals surface area contributed by atoms with Gasteiger partial charge in [0.15, 0.2) is 11.5 Å². The Labute approximate surface area is 176 Å². The lowest BCUT2D eigenvalue weighted by molar-refractivity contribution is 0.0528.